The van der Waals surface area contributed by atoms with Crippen molar-refractivity contribution in [3.63, 3.8) is 0 Å². The summed E-state index contributed by atoms with van der Waals surface area (Å²) in [6.45, 7) is 7.10. The number of rotatable bonds is 8. The van der Waals surface area contributed by atoms with E-state index in [1.165, 1.54) is 0 Å². The van der Waals surface area contributed by atoms with E-state index < -0.39 is 12.2 Å². The van der Waals surface area contributed by atoms with Crippen molar-refractivity contribution in [1.29, 1.82) is 0 Å². The molecule has 0 saturated heterocycles. The summed E-state index contributed by atoms with van der Waals surface area (Å²) < 4.78 is 0. The Morgan fingerprint density at radius 1 is 1.29 bits per heavy atom. The van der Waals surface area contributed by atoms with Crippen molar-refractivity contribution in [2.24, 2.45) is 0 Å². The highest BCUT2D eigenvalue weighted by Crippen LogP contribution is 2.13. The fourth-order valence-electron chi connectivity index (χ4n) is 1.21. The van der Waals surface area contributed by atoms with Crippen molar-refractivity contribution < 1.29 is 15.3 Å². The van der Waals surface area contributed by atoms with Crippen LogP contribution in [0.5, 0.6) is 0 Å². The van der Waals surface area contributed by atoms with Gasteiger partial charge in [0.15, 0.2) is 0 Å². The van der Waals surface area contributed by atoms with Gasteiger partial charge in [0.25, 0.3) is 0 Å². The van der Waals surface area contributed by atoms with Crippen LogP contribution in [0.3, 0.4) is 0 Å². The predicted molar refractivity (Wildman–Crippen MR) is 56.9 cm³/mol. The van der Waals surface area contributed by atoms with Gasteiger partial charge in [-0.2, -0.15) is 0 Å². The van der Waals surface area contributed by atoms with Crippen molar-refractivity contribution in [3.05, 3.63) is 24.8 Å². The minimum Gasteiger partial charge on any atom is -0.394 e. The highest BCUT2D eigenvalue weighted by atomic mass is 16.3. The molecule has 0 rings (SSSR count). The molecule has 0 fully saturated rings. The van der Waals surface area contributed by atoms with Crippen molar-refractivity contribution in [2.75, 3.05) is 6.61 Å². The summed E-state index contributed by atoms with van der Waals surface area (Å²) in [7, 11) is 0. The maximum atomic E-state index is 9.46. The van der Waals surface area contributed by atoms with Gasteiger partial charge < -0.3 is 15.3 Å². The maximum absolute atomic E-state index is 9.46. The van der Waals surface area contributed by atoms with E-state index in [1.807, 2.05) is 0 Å². The lowest BCUT2D eigenvalue weighted by Crippen LogP contribution is -2.21. The molecule has 0 saturated carbocycles. The Labute approximate surface area is 85.4 Å². The highest BCUT2D eigenvalue weighted by Gasteiger charge is 2.11. The van der Waals surface area contributed by atoms with E-state index in [4.69, 9.17) is 10.2 Å². The van der Waals surface area contributed by atoms with Gasteiger partial charge in [-0.15, -0.1) is 6.58 Å². The molecule has 0 aromatic heterocycles. The van der Waals surface area contributed by atoms with Crippen LogP contribution in [0, 0.1) is 0 Å². The van der Waals surface area contributed by atoms with Gasteiger partial charge in [-0.1, -0.05) is 18.2 Å². The second-order valence-electron chi connectivity index (χ2n) is 3.51. The predicted octanol–water partition coefficient (Wildman–Crippen LogP) is 1.00. The van der Waals surface area contributed by atoms with Crippen molar-refractivity contribution in [1.82, 2.24) is 0 Å². The number of aliphatic hydroxyl groups is 3. The van der Waals surface area contributed by atoms with Crippen LogP contribution in [0.1, 0.15) is 25.7 Å². The van der Waals surface area contributed by atoms with Gasteiger partial charge in [-0.3, -0.25) is 0 Å². The fraction of sp³-hybridized carbons (Fsp3) is 0.636. The summed E-state index contributed by atoms with van der Waals surface area (Å²) in [5.41, 5.74) is 0.947. The van der Waals surface area contributed by atoms with E-state index in [0.717, 1.165) is 18.4 Å². The molecule has 0 aliphatic heterocycles. The van der Waals surface area contributed by atoms with Gasteiger partial charge in [-0.05, 0) is 19.3 Å². The maximum Gasteiger partial charge on any atom is 0.0795 e. The molecule has 0 unspecified atom stereocenters. The Morgan fingerprint density at radius 3 is 2.43 bits per heavy atom. The van der Waals surface area contributed by atoms with Crippen LogP contribution in [0.4, 0.5) is 0 Å². The van der Waals surface area contributed by atoms with E-state index in [0.29, 0.717) is 6.42 Å². The third kappa shape index (κ3) is 6.83. The van der Waals surface area contributed by atoms with Crippen LogP contribution in [-0.4, -0.2) is 34.1 Å². The lowest BCUT2D eigenvalue weighted by atomic mass is 10.0. The second kappa shape index (κ2) is 7.74. The Kier molecular flexibility index (Phi) is 7.38. The highest BCUT2D eigenvalue weighted by molar-refractivity contribution is 4.97. The average molecular weight is 200 g/mol. The van der Waals surface area contributed by atoms with Gasteiger partial charge in [0.1, 0.15) is 0 Å². The Hall–Kier alpha value is -0.640. The van der Waals surface area contributed by atoms with Gasteiger partial charge in [-0.25, -0.2) is 0 Å². The molecule has 0 heterocycles. The monoisotopic (exact) mass is 200 g/mol. The van der Waals surface area contributed by atoms with Gasteiger partial charge in [0.2, 0.25) is 0 Å². The number of aliphatic hydroxyl groups excluding tert-OH is 3. The van der Waals surface area contributed by atoms with Crippen molar-refractivity contribution >= 4 is 0 Å². The average Bonchev–Trinajstić information content (AvgIpc) is 2.14. The first kappa shape index (κ1) is 13.4. The van der Waals surface area contributed by atoms with Crippen LogP contribution in [-0.2, 0) is 0 Å². The molecule has 0 bridgehead atoms. The minimum atomic E-state index is -0.836. The smallest absolute Gasteiger partial charge is 0.0795 e. The zero-order chi connectivity index (χ0) is 11.0. The second-order valence-corrected chi connectivity index (χ2v) is 3.51. The summed E-state index contributed by atoms with van der Waals surface area (Å²) >= 11 is 0. The first-order chi connectivity index (χ1) is 6.60. The third-order valence-electron chi connectivity index (χ3n) is 1.98. The molecule has 0 radical (unpaired) electrons. The number of hydrogen-bond donors (Lipinski definition) is 3. The van der Waals surface area contributed by atoms with E-state index in [-0.39, 0.29) is 13.0 Å². The van der Waals surface area contributed by atoms with Crippen LogP contribution < -0.4 is 0 Å². The summed E-state index contributed by atoms with van der Waals surface area (Å²) in [4.78, 5) is 0. The summed E-state index contributed by atoms with van der Waals surface area (Å²) in [5, 5.41) is 27.1. The van der Waals surface area contributed by atoms with Crippen molar-refractivity contribution in [2.45, 2.75) is 37.9 Å². The van der Waals surface area contributed by atoms with Gasteiger partial charge in [0.05, 0.1) is 18.8 Å². The first-order valence-electron chi connectivity index (χ1n) is 4.84. The summed E-state index contributed by atoms with van der Waals surface area (Å²) in [6, 6.07) is 0. The molecular formula is C11H20O3. The molecule has 3 heteroatoms. The molecule has 3 N–H and O–H groups in total. The molecule has 0 aromatic carbocycles. The lowest BCUT2D eigenvalue weighted by Gasteiger charge is -2.14. The van der Waals surface area contributed by atoms with Crippen LogP contribution >= 0.6 is 0 Å². The van der Waals surface area contributed by atoms with Crippen LogP contribution in [0.15, 0.2) is 24.8 Å². The molecule has 0 aliphatic carbocycles. The number of allylic oxidation sites excluding steroid dienone is 1. The molecule has 0 amide bonds. The van der Waals surface area contributed by atoms with Crippen LogP contribution in [0.2, 0.25) is 0 Å². The van der Waals surface area contributed by atoms with E-state index in [1.54, 1.807) is 6.08 Å². The van der Waals surface area contributed by atoms with Gasteiger partial charge in [0, 0.05) is 6.42 Å². The van der Waals surface area contributed by atoms with E-state index in [2.05, 4.69) is 13.2 Å². The molecule has 82 valence electrons. The molecule has 2 atom stereocenters. The summed E-state index contributed by atoms with van der Waals surface area (Å²) in [6.07, 6.45) is 2.70. The molecule has 0 aliphatic rings. The molecule has 14 heavy (non-hydrogen) atoms. The third-order valence-corrected chi connectivity index (χ3v) is 1.98. The lowest BCUT2D eigenvalue weighted by molar-refractivity contribution is 0.0418. The zero-order valence-corrected chi connectivity index (χ0v) is 8.52. The van der Waals surface area contributed by atoms with E-state index >= 15 is 0 Å². The SMILES string of the molecule is C=CCCC(=C)C[C@H](O)C[C@@H](O)CO. The molecule has 3 nitrogen and oxygen atoms in total. The van der Waals surface area contributed by atoms with Crippen LogP contribution in [0.25, 0.3) is 0 Å². The largest absolute Gasteiger partial charge is 0.394 e. The zero-order valence-electron chi connectivity index (χ0n) is 8.52. The standard InChI is InChI=1S/C11H20O3/c1-3-4-5-9(2)6-10(13)7-11(14)8-12/h3,10-14H,1-2,4-8H2/t10-,11+/m0/s1. The normalized spacial score (nSPS) is 14.8. The quantitative estimate of drug-likeness (QED) is 0.512. The van der Waals surface area contributed by atoms with E-state index in [9.17, 15) is 5.11 Å². The Morgan fingerprint density at radius 2 is 1.93 bits per heavy atom. The molecular weight excluding hydrogens is 180 g/mol. The first-order valence-corrected chi connectivity index (χ1v) is 4.84. The summed E-state index contributed by atoms with van der Waals surface area (Å²) in [5.74, 6) is 0. The Bertz CT molecular complexity index is 177. The fourth-order valence-corrected chi connectivity index (χ4v) is 1.21. The van der Waals surface area contributed by atoms with Gasteiger partial charge >= 0.3 is 0 Å². The molecule has 0 aromatic rings. The van der Waals surface area contributed by atoms with Crippen molar-refractivity contribution in [3.8, 4) is 0 Å². The topological polar surface area (TPSA) is 60.7 Å². The minimum absolute atomic E-state index is 0.198. The Balaban J connectivity index is 3.64. The number of hydrogen-bond acceptors (Lipinski definition) is 3. The molecule has 0 spiro atoms.